The van der Waals surface area contributed by atoms with Gasteiger partial charge in [0.25, 0.3) is 0 Å². The van der Waals surface area contributed by atoms with Gasteiger partial charge in [-0.3, -0.25) is 9.78 Å². The number of ketones is 1. The third-order valence-corrected chi connectivity index (χ3v) is 5.40. The molecule has 0 saturated carbocycles. The van der Waals surface area contributed by atoms with E-state index in [2.05, 4.69) is 16.6 Å². The highest BCUT2D eigenvalue weighted by Gasteiger charge is 2.18. The number of hydrogen-bond donors (Lipinski definition) is 1. The number of carbonyl (C=O) groups excluding carboxylic acids is 1. The van der Waals surface area contributed by atoms with E-state index >= 15 is 0 Å². The molecule has 6 heteroatoms. The minimum atomic E-state index is -3.58. The molecule has 0 atom stereocenters. The molecule has 0 aliphatic carbocycles. The number of rotatable bonds is 9. The lowest BCUT2D eigenvalue weighted by Crippen LogP contribution is -2.25. The Balaban J connectivity index is 2.29. The van der Waals surface area contributed by atoms with Crippen LogP contribution in [0.1, 0.15) is 45.2 Å². The minimum absolute atomic E-state index is 0.00249. The van der Waals surface area contributed by atoms with Crippen LogP contribution in [0.5, 0.6) is 0 Å². The van der Waals surface area contributed by atoms with Crippen LogP contribution in [0.4, 0.5) is 0 Å². The fourth-order valence-corrected chi connectivity index (χ4v) is 3.98. The Labute approximate surface area is 143 Å². The van der Waals surface area contributed by atoms with Crippen LogP contribution in [0.3, 0.4) is 0 Å². The SMILES string of the molecule is CCCCCCNS(=O)(=O)c1cccc2c(CC(C)=O)nccc12. The standard InChI is InChI=1S/C18H24N2O3S/c1-3-4-5-6-11-20-24(22,23)18-9-7-8-15-16(18)10-12-19-17(15)13-14(2)21/h7-10,12,20H,3-6,11,13H2,1-2H3. The Morgan fingerprint density at radius 2 is 1.92 bits per heavy atom. The van der Waals surface area contributed by atoms with Crippen LogP contribution in [0.2, 0.25) is 0 Å². The van der Waals surface area contributed by atoms with Crippen molar-refractivity contribution in [2.24, 2.45) is 0 Å². The number of hydrogen-bond acceptors (Lipinski definition) is 4. The summed E-state index contributed by atoms with van der Waals surface area (Å²) in [4.78, 5) is 15.9. The number of benzene rings is 1. The van der Waals surface area contributed by atoms with Crippen molar-refractivity contribution in [3.8, 4) is 0 Å². The molecule has 1 heterocycles. The number of nitrogens with zero attached hydrogens (tertiary/aromatic N) is 1. The molecule has 0 unspecified atom stereocenters. The summed E-state index contributed by atoms with van der Waals surface area (Å²) < 4.78 is 27.9. The number of carbonyl (C=O) groups is 1. The Morgan fingerprint density at radius 3 is 2.62 bits per heavy atom. The van der Waals surface area contributed by atoms with Crippen LogP contribution < -0.4 is 4.72 Å². The summed E-state index contributed by atoms with van der Waals surface area (Å²) >= 11 is 0. The summed E-state index contributed by atoms with van der Waals surface area (Å²) in [5.74, 6) is -0.00249. The summed E-state index contributed by atoms with van der Waals surface area (Å²) in [6, 6.07) is 6.78. The Bertz CT molecular complexity index is 816. The first-order valence-electron chi connectivity index (χ1n) is 8.31. The van der Waals surface area contributed by atoms with E-state index in [4.69, 9.17) is 0 Å². The van der Waals surface area contributed by atoms with Gasteiger partial charge >= 0.3 is 0 Å². The second-order valence-corrected chi connectivity index (χ2v) is 7.68. The molecule has 1 N–H and O–H groups in total. The molecule has 24 heavy (non-hydrogen) atoms. The normalized spacial score (nSPS) is 11.8. The van der Waals surface area contributed by atoms with Gasteiger partial charge in [0.05, 0.1) is 10.6 Å². The summed E-state index contributed by atoms with van der Waals surface area (Å²) in [5, 5.41) is 1.31. The van der Waals surface area contributed by atoms with E-state index < -0.39 is 10.0 Å². The molecule has 0 amide bonds. The molecule has 0 saturated heterocycles. The van der Waals surface area contributed by atoms with Gasteiger partial charge in [-0.15, -0.1) is 0 Å². The summed E-state index contributed by atoms with van der Waals surface area (Å²) in [6.45, 7) is 4.05. The maximum absolute atomic E-state index is 12.6. The average Bonchev–Trinajstić information content (AvgIpc) is 2.54. The van der Waals surface area contributed by atoms with Crippen molar-refractivity contribution in [3.05, 3.63) is 36.2 Å². The fourth-order valence-electron chi connectivity index (χ4n) is 2.69. The predicted molar refractivity (Wildman–Crippen MR) is 95.5 cm³/mol. The molecule has 1 aromatic heterocycles. The van der Waals surface area contributed by atoms with E-state index in [0.717, 1.165) is 25.7 Å². The smallest absolute Gasteiger partial charge is 0.241 e. The highest BCUT2D eigenvalue weighted by molar-refractivity contribution is 7.89. The quantitative estimate of drug-likeness (QED) is 0.706. The molecule has 2 rings (SSSR count). The number of aromatic nitrogens is 1. The first-order valence-corrected chi connectivity index (χ1v) is 9.79. The Kier molecular flexibility index (Phi) is 6.45. The maximum atomic E-state index is 12.6. The highest BCUT2D eigenvalue weighted by atomic mass is 32.2. The van der Waals surface area contributed by atoms with Gasteiger partial charge < -0.3 is 0 Å². The fraction of sp³-hybridized carbons (Fsp3) is 0.444. The summed E-state index contributed by atoms with van der Waals surface area (Å²) in [7, 11) is -3.58. The van der Waals surface area contributed by atoms with Crippen LogP contribution in [-0.2, 0) is 21.2 Å². The zero-order valence-electron chi connectivity index (χ0n) is 14.2. The molecule has 2 aromatic rings. The summed E-state index contributed by atoms with van der Waals surface area (Å²) in [6.07, 6.45) is 5.82. The maximum Gasteiger partial charge on any atom is 0.241 e. The molecule has 0 aliphatic heterocycles. The molecule has 0 fully saturated rings. The zero-order chi connectivity index (χ0) is 17.6. The van der Waals surface area contributed by atoms with Crippen molar-refractivity contribution >= 4 is 26.6 Å². The van der Waals surface area contributed by atoms with Crippen molar-refractivity contribution in [2.75, 3.05) is 6.54 Å². The molecule has 5 nitrogen and oxygen atoms in total. The van der Waals surface area contributed by atoms with Crippen molar-refractivity contribution in [2.45, 2.75) is 50.8 Å². The van der Waals surface area contributed by atoms with Crippen LogP contribution >= 0.6 is 0 Å². The van der Waals surface area contributed by atoms with Gasteiger partial charge in [0.1, 0.15) is 5.78 Å². The molecular formula is C18H24N2O3S. The molecule has 130 valence electrons. The van der Waals surface area contributed by atoms with E-state index in [1.54, 1.807) is 30.5 Å². The number of nitrogens with one attached hydrogen (secondary N) is 1. The summed E-state index contributed by atoms with van der Waals surface area (Å²) in [5.41, 5.74) is 0.611. The molecule has 1 aromatic carbocycles. The number of fused-ring (bicyclic) bond motifs is 1. The molecule has 0 spiro atoms. The second kappa shape index (κ2) is 8.35. The van der Waals surface area contributed by atoms with E-state index in [1.165, 1.54) is 6.92 Å². The average molecular weight is 348 g/mol. The first-order chi connectivity index (χ1) is 11.5. The lowest BCUT2D eigenvalue weighted by atomic mass is 10.1. The van der Waals surface area contributed by atoms with E-state index in [1.807, 2.05) is 0 Å². The van der Waals surface area contributed by atoms with Crippen molar-refractivity contribution in [3.63, 3.8) is 0 Å². The lowest BCUT2D eigenvalue weighted by molar-refractivity contribution is -0.116. The third kappa shape index (κ3) is 4.61. The number of unbranched alkanes of at least 4 members (excludes halogenated alkanes) is 3. The predicted octanol–water partition coefficient (Wildman–Crippen LogP) is 3.22. The van der Waals surface area contributed by atoms with Gasteiger partial charge in [0, 0.05) is 29.9 Å². The van der Waals surface area contributed by atoms with E-state index in [-0.39, 0.29) is 17.1 Å². The van der Waals surface area contributed by atoms with Crippen molar-refractivity contribution in [1.29, 1.82) is 0 Å². The first kappa shape index (κ1) is 18.5. The van der Waals surface area contributed by atoms with E-state index in [9.17, 15) is 13.2 Å². The second-order valence-electron chi connectivity index (χ2n) is 5.95. The van der Waals surface area contributed by atoms with Crippen molar-refractivity contribution < 1.29 is 13.2 Å². The zero-order valence-corrected chi connectivity index (χ0v) is 15.0. The van der Waals surface area contributed by atoms with Crippen LogP contribution in [0.25, 0.3) is 10.8 Å². The molecule has 0 bridgehead atoms. The monoisotopic (exact) mass is 348 g/mol. The van der Waals surface area contributed by atoms with E-state index in [0.29, 0.717) is 23.0 Å². The van der Waals surface area contributed by atoms with Gasteiger partial charge in [-0.2, -0.15) is 0 Å². The van der Waals surface area contributed by atoms with Gasteiger partial charge in [-0.1, -0.05) is 38.3 Å². The largest absolute Gasteiger partial charge is 0.300 e. The Hall–Kier alpha value is -1.79. The number of Topliss-reactive ketones (excluding diaryl/α,β-unsaturated/α-hetero) is 1. The van der Waals surface area contributed by atoms with Crippen LogP contribution in [0.15, 0.2) is 35.4 Å². The van der Waals surface area contributed by atoms with Gasteiger partial charge in [0.15, 0.2) is 0 Å². The van der Waals surface area contributed by atoms with Crippen LogP contribution in [-0.4, -0.2) is 25.7 Å². The van der Waals surface area contributed by atoms with Gasteiger partial charge in [0.2, 0.25) is 10.0 Å². The van der Waals surface area contributed by atoms with Crippen LogP contribution in [0, 0.1) is 0 Å². The minimum Gasteiger partial charge on any atom is -0.300 e. The molecule has 0 aliphatic rings. The van der Waals surface area contributed by atoms with Gasteiger partial charge in [-0.05, 0) is 25.5 Å². The van der Waals surface area contributed by atoms with Gasteiger partial charge in [-0.25, -0.2) is 13.1 Å². The highest BCUT2D eigenvalue weighted by Crippen LogP contribution is 2.25. The lowest BCUT2D eigenvalue weighted by Gasteiger charge is -2.11. The number of sulfonamides is 1. The number of pyridine rings is 1. The Morgan fingerprint density at radius 1 is 1.12 bits per heavy atom. The third-order valence-electron chi connectivity index (χ3n) is 3.88. The topological polar surface area (TPSA) is 76.1 Å². The van der Waals surface area contributed by atoms with Crippen molar-refractivity contribution in [1.82, 2.24) is 9.71 Å². The molecule has 0 radical (unpaired) electrons. The molecular weight excluding hydrogens is 324 g/mol.